The van der Waals surface area contributed by atoms with Gasteiger partial charge in [0.25, 0.3) is 10.0 Å². The van der Waals surface area contributed by atoms with Crippen molar-refractivity contribution in [2.75, 3.05) is 0 Å². The van der Waals surface area contributed by atoms with Crippen LogP contribution in [0.2, 0.25) is 0 Å². The van der Waals surface area contributed by atoms with Gasteiger partial charge in [-0.3, -0.25) is 4.79 Å². The molecule has 1 unspecified atom stereocenters. The molecule has 11 heteroatoms. The van der Waals surface area contributed by atoms with Crippen LogP contribution >= 0.6 is 0 Å². The number of alkyl halides is 3. The average molecular weight is 329 g/mol. The lowest BCUT2D eigenvalue weighted by atomic mass is 10.2. The molecular weight excluding hydrogens is 315 g/mol. The normalized spacial score (nSPS) is 14.4. The number of halogens is 3. The number of hydrogen-bond acceptors (Lipinski definition) is 4. The maximum absolute atomic E-state index is 12.2. The van der Waals surface area contributed by atoms with Gasteiger partial charge < -0.3 is 10.1 Å². The summed E-state index contributed by atoms with van der Waals surface area (Å²) in [4.78, 5) is 16.9. The van der Waals surface area contributed by atoms with E-state index in [1.807, 2.05) is 0 Å². The Labute approximate surface area is 118 Å². The van der Waals surface area contributed by atoms with E-state index >= 15 is 0 Å². The van der Waals surface area contributed by atoms with Crippen molar-refractivity contribution < 1.29 is 31.5 Å². The lowest BCUT2D eigenvalue weighted by Gasteiger charge is -2.15. The number of imidazole rings is 1. The molecule has 0 spiro atoms. The van der Waals surface area contributed by atoms with Crippen LogP contribution in [0.1, 0.15) is 32.0 Å². The number of carboxylic acid groups (broad SMARTS) is 1. The van der Waals surface area contributed by atoms with Gasteiger partial charge in [-0.1, -0.05) is 13.8 Å². The first-order valence-corrected chi connectivity index (χ1v) is 7.27. The number of carboxylic acids is 1. The summed E-state index contributed by atoms with van der Waals surface area (Å²) < 4.78 is 61.9. The third-order valence-corrected chi connectivity index (χ3v) is 3.82. The number of nitrogens with zero attached hydrogens (tertiary/aromatic N) is 1. The fraction of sp³-hybridized carbons (Fsp3) is 0.600. The topological polar surface area (TPSA) is 112 Å². The molecule has 3 N–H and O–H groups in total. The van der Waals surface area contributed by atoms with E-state index in [9.17, 15) is 26.4 Å². The van der Waals surface area contributed by atoms with E-state index in [1.165, 1.54) is 4.72 Å². The van der Waals surface area contributed by atoms with Crippen molar-refractivity contribution in [1.82, 2.24) is 14.7 Å². The molecule has 0 amide bonds. The minimum atomic E-state index is -4.82. The monoisotopic (exact) mass is 329 g/mol. The Morgan fingerprint density at radius 1 is 1.48 bits per heavy atom. The number of H-pyrrole nitrogens is 1. The van der Waals surface area contributed by atoms with E-state index in [0.717, 1.165) is 6.20 Å². The molecule has 7 nitrogen and oxygen atoms in total. The van der Waals surface area contributed by atoms with E-state index in [-0.39, 0.29) is 5.92 Å². The van der Waals surface area contributed by atoms with Gasteiger partial charge in [-0.2, -0.15) is 17.9 Å². The number of aromatic amines is 1. The van der Waals surface area contributed by atoms with Gasteiger partial charge >= 0.3 is 12.1 Å². The van der Waals surface area contributed by atoms with Gasteiger partial charge in [0.05, 0.1) is 12.6 Å². The van der Waals surface area contributed by atoms with Crippen LogP contribution in [0.15, 0.2) is 11.2 Å². The van der Waals surface area contributed by atoms with Gasteiger partial charge in [0.1, 0.15) is 11.9 Å². The zero-order valence-corrected chi connectivity index (χ0v) is 11.9. The lowest BCUT2D eigenvalue weighted by Crippen LogP contribution is -2.43. The SMILES string of the molecule is CC(C)c1ncc(S(=O)(=O)NC(CC(F)(F)F)C(=O)O)[nH]1. The largest absolute Gasteiger partial charge is 0.480 e. The Balaban J connectivity index is 2.98. The highest BCUT2D eigenvalue weighted by molar-refractivity contribution is 7.89. The number of aliphatic carboxylic acids is 1. The summed E-state index contributed by atoms with van der Waals surface area (Å²) in [5.41, 5.74) is 0. The van der Waals surface area contributed by atoms with Crippen molar-refractivity contribution in [3.8, 4) is 0 Å². The zero-order valence-electron chi connectivity index (χ0n) is 11.1. The molecule has 0 aliphatic rings. The summed E-state index contributed by atoms with van der Waals surface area (Å²) in [5, 5.41) is 8.20. The Morgan fingerprint density at radius 2 is 2.05 bits per heavy atom. The number of hydrogen-bond donors (Lipinski definition) is 3. The Hall–Kier alpha value is -1.62. The Kier molecular flexibility index (Phi) is 4.99. The first-order chi connectivity index (χ1) is 9.42. The predicted molar refractivity (Wildman–Crippen MR) is 65.1 cm³/mol. The first-order valence-electron chi connectivity index (χ1n) is 5.79. The highest BCUT2D eigenvalue weighted by atomic mass is 32.2. The van der Waals surface area contributed by atoms with Crippen LogP contribution in [0.5, 0.6) is 0 Å². The number of nitrogens with one attached hydrogen (secondary N) is 2. The second kappa shape index (κ2) is 6.02. The molecule has 0 aliphatic carbocycles. The smallest absolute Gasteiger partial charge is 0.391 e. The molecule has 0 aromatic carbocycles. The molecule has 1 atom stereocenters. The molecule has 0 saturated heterocycles. The summed E-state index contributed by atoms with van der Waals surface area (Å²) in [6, 6.07) is -2.30. The van der Waals surface area contributed by atoms with E-state index in [0.29, 0.717) is 5.82 Å². The Bertz CT molecular complexity index is 609. The number of rotatable bonds is 6. The third kappa shape index (κ3) is 5.01. The minimum absolute atomic E-state index is 0.126. The lowest BCUT2D eigenvalue weighted by molar-refractivity contribution is -0.157. The number of sulfonamides is 1. The quantitative estimate of drug-likeness (QED) is 0.726. The summed E-state index contributed by atoms with van der Waals surface area (Å²) in [5.74, 6) is -1.73. The van der Waals surface area contributed by atoms with Gasteiger partial charge in [0, 0.05) is 5.92 Å². The molecular formula is C10H14F3N3O4S. The highest BCUT2D eigenvalue weighted by Gasteiger charge is 2.38. The van der Waals surface area contributed by atoms with Crippen LogP contribution in [-0.4, -0.2) is 41.7 Å². The van der Waals surface area contributed by atoms with Gasteiger partial charge in [-0.05, 0) is 0 Å². The molecule has 1 aromatic heterocycles. The van der Waals surface area contributed by atoms with Crippen molar-refractivity contribution in [1.29, 1.82) is 0 Å². The molecule has 0 bridgehead atoms. The second-order valence-electron chi connectivity index (χ2n) is 4.62. The molecule has 0 radical (unpaired) electrons. The molecule has 0 fully saturated rings. The zero-order chi connectivity index (χ0) is 16.4. The van der Waals surface area contributed by atoms with Crippen molar-refractivity contribution >= 4 is 16.0 Å². The number of aromatic nitrogens is 2. The summed E-state index contributed by atoms with van der Waals surface area (Å²) >= 11 is 0. The van der Waals surface area contributed by atoms with Crippen LogP contribution < -0.4 is 4.72 Å². The summed E-state index contributed by atoms with van der Waals surface area (Å²) in [7, 11) is -4.44. The maximum Gasteiger partial charge on any atom is 0.391 e. The van der Waals surface area contributed by atoms with E-state index in [4.69, 9.17) is 5.11 Å². The van der Waals surface area contributed by atoms with Crippen molar-refractivity contribution in [3.05, 3.63) is 12.0 Å². The van der Waals surface area contributed by atoms with Crippen LogP contribution in [-0.2, 0) is 14.8 Å². The molecule has 21 heavy (non-hydrogen) atoms. The van der Waals surface area contributed by atoms with Crippen LogP contribution in [0.4, 0.5) is 13.2 Å². The number of carbonyl (C=O) groups is 1. The standard InChI is InChI=1S/C10H14F3N3O4S/c1-5(2)8-14-4-7(15-8)21(19,20)16-6(9(17)18)3-10(11,12)13/h4-6,16H,3H2,1-2H3,(H,14,15)(H,17,18). The van der Waals surface area contributed by atoms with Crippen LogP contribution in [0.3, 0.4) is 0 Å². The maximum atomic E-state index is 12.2. The van der Waals surface area contributed by atoms with Gasteiger partial charge in [0.2, 0.25) is 0 Å². The van der Waals surface area contributed by atoms with Gasteiger partial charge in [0.15, 0.2) is 5.03 Å². The Morgan fingerprint density at radius 3 is 2.43 bits per heavy atom. The van der Waals surface area contributed by atoms with Crippen LogP contribution in [0.25, 0.3) is 0 Å². The molecule has 120 valence electrons. The average Bonchev–Trinajstić information content (AvgIpc) is 2.75. The minimum Gasteiger partial charge on any atom is -0.480 e. The molecule has 0 saturated carbocycles. The second-order valence-corrected chi connectivity index (χ2v) is 6.30. The van der Waals surface area contributed by atoms with Crippen LogP contribution in [0, 0.1) is 0 Å². The molecule has 0 aliphatic heterocycles. The van der Waals surface area contributed by atoms with Crippen molar-refractivity contribution in [2.24, 2.45) is 0 Å². The van der Waals surface area contributed by atoms with E-state index < -0.39 is 39.7 Å². The predicted octanol–water partition coefficient (Wildman–Crippen LogP) is 1.22. The summed E-state index contributed by atoms with van der Waals surface area (Å²) in [6.45, 7) is 3.46. The molecule has 1 aromatic rings. The van der Waals surface area contributed by atoms with E-state index in [2.05, 4.69) is 9.97 Å². The fourth-order valence-electron chi connectivity index (χ4n) is 1.41. The van der Waals surface area contributed by atoms with Crippen molar-refractivity contribution in [3.63, 3.8) is 0 Å². The van der Waals surface area contributed by atoms with Crippen molar-refractivity contribution in [2.45, 2.75) is 43.4 Å². The third-order valence-electron chi connectivity index (χ3n) is 2.44. The summed E-state index contributed by atoms with van der Waals surface area (Å²) in [6.07, 6.45) is -5.71. The highest BCUT2D eigenvalue weighted by Crippen LogP contribution is 2.22. The van der Waals surface area contributed by atoms with Gasteiger partial charge in [-0.25, -0.2) is 13.4 Å². The molecule has 1 rings (SSSR count). The van der Waals surface area contributed by atoms with E-state index in [1.54, 1.807) is 13.8 Å². The fourth-order valence-corrected chi connectivity index (χ4v) is 2.53. The molecule has 1 heterocycles. The van der Waals surface area contributed by atoms with Gasteiger partial charge in [-0.15, -0.1) is 0 Å². The first kappa shape index (κ1) is 17.4.